The lowest BCUT2D eigenvalue weighted by molar-refractivity contribution is 0.0767. The second kappa shape index (κ2) is 6.79. The molecular weight excluding hydrogens is 303 g/mol. The summed E-state index contributed by atoms with van der Waals surface area (Å²) in [6.07, 6.45) is 0. The number of hydrogen-bond donors (Lipinski definition) is 0. The third kappa shape index (κ3) is 3.00. The molecule has 0 atom stereocenters. The first-order chi connectivity index (χ1) is 11.6. The molecular formula is C20H19FN2O. The zero-order valence-electron chi connectivity index (χ0n) is 13.8. The fraction of sp³-hybridized carbons (Fsp3) is 0.200. The molecule has 4 heteroatoms. The Morgan fingerprint density at radius 2 is 1.79 bits per heavy atom. The quantitative estimate of drug-likeness (QED) is 0.707. The van der Waals surface area contributed by atoms with Crippen LogP contribution in [0.5, 0.6) is 0 Å². The van der Waals surface area contributed by atoms with E-state index >= 15 is 0 Å². The zero-order chi connectivity index (χ0) is 17.1. The van der Waals surface area contributed by atoms with E-state index in [1.807, 2.05) is 44.2 Å². The van der Waals surface area contributed by atoms with E-state index in [1.165, 1.54) is 12.1 Å². The van der Waals surface area contributed by atoms with Crippen LogP contribution in [0, 0.1) is 5.82 Å². The maximum absolute atomic E-state index is 13.6. The summed E-state index contributed by atoms with van der Waals surface area (Å²) in [5.41, 5.74) is 1.68. The van der Waals surface area contributed by atoms with Crippen molar-refractivity contribution in [2.24, 2.45) is 0 Å². The van der Waals surface area contributed by atoms with Crippen molar-refractivity contribution in [1.82, 2.24) is 9.88 Å². The van der Waals surface area contributed by atoms with E-state index in [4.69, 9.17) is 0 Å². The molecule has 2 aromatic carbocycles. The van der Waals surface area contributed by atoms with E-state index in [2.05, 4.69) is 4.98 Å². The summed E-state index contributed by atoms with van der Waals surface area (Å²) >= 11 is 0. The summed E-state index contributed by atoms with van der Waals surface area (Å²) in [6, 6.07) is 15.8. The number of aromatic nitrogens is 1. The van der Waals surface area contributed by atoms with Crippen molar-refractivity contribution in [1.29, 1.82) is 0 Å². The second-order valence-electron chi connectivity index (χ2n) is 5.57. The van der Waals surface area contributed by atoms with E-state index in [-0.39, 0.29) is 11.7 Å². The topological polar surface area (TPSA) is 33.2 Å². The van der Waals surface area contributed by atoms with E-state index in [0.29, 0.717) is 30.0 Å². The molecule has 24 heavy (non-hydrogen) atoms. The Labute approximate surface area is 140 Å². The van der Waals surface area contributed by atoms with Crippen LogP contribution in [0.4, 0.5) is 4.39 Å². The molecule has 0 aliphatic carbocycles. The van der Waals surface area contributed by atoms with Gasteiger partial charge in [-0.1, -0.05) is 36.4 Å². The highest BCUT2D eigenvalue weighted by Crippen LogP contribution is 2.28. The number of pyridine rings is 1. The van der Waals surface area contributed by atoms with Gasteiger partial charge in [-0.2, -0.15) is 0 Å². The highest BCUT2D eigenvalue weighted by atomic mass is 19.1. The highest BCUT2D eigenvalue weighted by Gasteiger charge is 2.17. The molecule has 3 rings (SSSR count). The van der Waals surface area contributed by atoms with E-state index in [0.717, 1.165) is 10.8 Å². The van der Waals surface area contributed by atoms with E-state index < -0.39 is 0 Å². The maximum Gasteiger partial charge on any atom is 0.272 e. The molecule has 3 aromatic rings. The van der Waals surface area contributed by atoms with Crippen LogP contribution < -0.4 is 0 Å². The molecule has 0 N–H and O–H groups in total. The Balaban J connectivity index is 2.22. The van der Waals surface area contributed by atoms with Crippen molar-refractivity contribution < 1.29 is 9.18 Å². The van der Waals surface area contributed by atoms with Crippen molar-refractivity contribution in [3.8, 4) is 11.3 Å². The van der Waals surface area contributed by atoms with Crippen molar-refractivity contribution >= 4 is 16.7 Å². The van der Waals surface area contributed by atoms with Crippen molar-refractivity contribution in [3.63, 3.8) is 0 Å². The van der Waals surface area contributed by atoms with Crippen LogP contribution in [0.2, 0.25) is 0 Å². The Morgan fingerprint density at radius 3 is 2.50 bits per heavy atom. The van der Waals surface area contributed by atoms with Crippen LogP contribution in [-0.2, 0) is 0 Å². The standard InChI is InChI=1S/C20H19FN2O/c1-3-23(4-2)20(24)18-13-14-8-5-6-11-17(14)19(22-18)15-9-7-10-16(21)12-15/h5-13H,3-4H2,1-2H3. The first-order valence-corrected chi connectivity index (χ1v) is 8.09. The fourth-order valence-electron chi connectivity index (χ4n) is 2.84. The van der Waals surface area contributed by atoms with Crippen LogP contribution in [-0.4, -0.2) is 28.9 Å². The number of hydrogen-bond acceptors (Lipinski definition) is 2. The molecule has 0 bridgehead atoms. The lowest BCUT2D eigenvalue weighted by Gasteiger charge is -2.19. The average molecular weight is 322 g/mol. The van der Waals surface area contributed by atoms with Crippen LogP contribution >= 0.6 is 0 Å². The molecule has 3 nitrogen and oxygen atoms in total. The molecule has 0 saturated heterocycles. The first kappa shape index (κ1) is 16.1. The maximum atomic E-state index is 13.6. The van der Waals surface area contributed by atoms with Gasteiger partial charge in [0, 0.05) is 24.0 Å². The predicted molar refractivity (Wildman–Crippen MR) is 94.4 cm³/mol. The largest absolute Gasteiger partial charge is 0.338 e. The molecule has 0 unspecified atom stereocenters. The minimum atomic E-state index is -0.321. The lowest BCUT2D eigenvalue weighted by Crippen LogP contribution is -2.31. The summed E-state index contributed by atoms with van der Waals surface area (Å²) in [5.74, 6) is -0.428. The van der Waals surface area contributed by atoms with Crippen molar-refractivity contribution in [2.75, 3.05) is 13.1 Å². The molecule has 1 aromatic heterocycles. The van der Waals surface area contributed by atoms with Gasteiger partial charge in [0.15, 0.2) is 0 Å². The van der Waals surface area contributed by atoms with Gasteiger partial charge in [0.25, 0.3) is 5.91 Å². The number of fused-ring (bicyclic) bond motifs is 1. The highest BCUT2D eigenvalue weighted by molar-refractivity contribution is 6.01. The van der Waals surface area contributed by atoms with Gasteiger partial charge >= 0.3 is 0 Å². The normalized spacial score (nSPS) is 10.8. The molecule has 0 aliphatic rings. The molecule has 1 heterocycles. The van der Waals surface area contributed by atoms with Gasteiger partial charge in [0.05, 0.1) is 5.69 Å². The Hall–Kier alpha value is -2.75. The zero-order valence-corrected chi connectivity index (χ0v) is 13.8. The summed E-state index contributed by atoms with van der Waals surface area (Å²) in [4.78, 5) is 19.0. The van der Waals surface area contributed by atoms with Gasteiger partial charge in [0.2, 0.25) is 0 Å². The van der Waals surface area contributed by atoms with Crippen LogP contribution in [0.15, 0.2) is 54.6 Å². The molecule has 122 valence electrons. The van der Waals surface area contributed by atoms with Gasteiger partial charge in [-0.25, -0.2) is 9.37 Å². The molecule has 0 radical (unpaired) electrons. The van der Waals surface area contributed by atoms with Gasteiger partial charge in [-0.15, -0.1) is 0 Å². The Morgan fingerprint density at radius 1 is 1.04 bits per heavy atom. The average Bonchev–Trinajstić information content (AvgIpc) is 2.61. The summed E-state index contributed by atoms with van der Waals surface area (Å²) < 4.78 is 13.6. The summed E-state index contributed by atoms with van der Waals surface area (Å²) in [5, 5.41) is 1.82. The molecule has 0 spiro atoms. The van der Waals surface area contributed by atoms with Gasteiger partial charge in [-0.3, -0.25) is 4.79 Å². The number of carbonyl (C=O) groups excluding carboxylic acids is 1. The van der Waals surface area contributed by atoms with E-state index in [1.54, 1.807) is 17.0 Å². The third-order valence-electron chi connectivity index (χ3n) is 4.11. The minimum Gasteiger partial charge on any atom is -0.338 e. The molecule has 0 aliphatic heterocycles. The summed E-state index contributed by atoms with van der Waals surface area (Å²) in [7, 11) is 0. The second-order valence-corrected chi connectivity index (χ2v) is 5.57. The fourth-order valence-corrected chi connectivity index (χ4v) is 2.84. The third-order valence-corrected chi connectivity index (χ3v) is 4.11. The smallest absolute Gasteiger partial charge is 0.272 e. The van der Waals surface area contributed by atoms with E-state index in [9.17, 15) is 9.18 Å². The van der Waals surface area contributed by atoms with Crippen LogP contribution in [0.1, 0.15) is 24.3 Å². The van der Waals surface area contributed by atoms with Crippen molar-refractivity contribution in [2.45, 2.75) is 13.8 Å². The number of nitrogens with zero attached hydrogens (tertiary/aromatic N) is 2. The van der Waals surface area contributed by atoms with Gasteiger partial charge in [-0.05, 0) is 37.4 Å². The number of amides is 1. The van der Waals surface area contributed by atoms with Gasteiger partial charge in [0.1, 0.15) is 11.5 Å². The first-order valence-electron chi connectivity index (χ1n) is 8.09. The van der Waals surface area contributed by atoms with Gasteiger partial charge < -0.3 is 4.90 Å². The molecule has 0 fully saturated rings. The molecule has 1 amide bonds. The lowest BCUT2D eigenvalue weighted by atomic mass is 10.0. The summed E-state index contributed by atoms with van der Waals surface area (Å²) in [6.45, 7) is 5.13. The van der Waals surface area contributed by atoms with Crippen LogP contribution in [0.25, 0.3) is 22.0 Å². The monoisotopic (exact) mass is 322 g/mol. The Bertz CT molecular complexity index is 888. The van der Waals surface area contributed by atoms with Crippen LogP contribution in [0.3, 0.4) is 0 Å². The number of halogens is 1. The number of rotatable bonds is 4. The number of benzene rings is 2. The minimum absolute atomic E-state index is 0.108. The Kier molecular flexibility index (Phi) is 4.56. The number of carbonyl (C=O) groups is 1. The predicted octanol–water partition coefficient (Wildman–Crippen LogP) is 4.52. The SMILES string of the molecule is CCN(CC)C(=O)c1cc2ccccc2c(-c2cccc(F)c2)n1. The molecule has 0 saturated carbocycles. The van der Waals surface area contributed by atoms with Crippen molar-refractivity contribution in [3.05, 3.63) is 66.1 Å².